The summed E-state index contributed by atoms with van der Waals surface area (Å²) in [6.07, 6.45) is 1.20. The number of rotatable bonds is 1. The van der Waals surface area contributed by atoms with Gasteiger partial charge in [0.1, 0.15) is 0 Å². The van der Waals surface area contributed by atoms with Crippen molar-refractivity contribution in [2.45, 2.75) is 33.2 Å². The number of carbonyl (C=O) groups is 1. The van der Waals surface area contributed by atoms with E-state index in [1.54, 1.807) is 0 Å². The Bertz CT molecular complexity index is 469. The lowest BCUT2D eigenvalue weighted by atomic mass is 9.85. The first kappa shape index (κ1) is 15.0. The zero-order valence-electron chi connectivity index (χ0n) is 11.5. The molecule has 1 aromatic rings. The fourth-order valence-corrected chi connectivity index (χ4v) is 4.12. The molecule has 0 saturated carbocycles. The predicted molar refractivity (Wildman–Crippen MR) is 85.3 cm³/mol. The molecule has 2 nitrogen and oxygen atoms in total. The molecule has 3 atom stereocenters. The number of likely N-dealkylation sites (tertiary alicyclic amines) is 1. The van der Waals surface area contributed by atoms with Crippen molar-refractivity contribution in [3.63, 3.8) is 0 Å². The van der Waals surface area contributed by atoms with Crippen LogP contribution in [0.4, 0.5) is 0 Å². The molecular weight excluding hydrogens is 370 g/mol. The van der Waals surface area contributed by atoms with E-state index in [-0.39, 0.29) is 5.91 Å². The van der Waals surface area contributed by atoms with Crippen LogP contribution in [0.25, 0.3) is 0 Å². The lowest BCUT2D eigenvalue weighted by Gasteiger charge is -2.41. The molecule has 3 unspecified atom stereocenters. The van der Waals surface area contributed by atoms with Crippen molar-refractivity contribution in [1.29, 1.82) is 0 Å². The van der Waals surface area contributed by atoms with Crippen molar-refractivity contribution >= 4 is 37.8 Å². The van der Waals surface area contributed by atoms with Gasteiger partial charge in [-0.05, 0) is 43.4 Å². The zero-order chi connectivity index (χ0) is 14.2. The summed E-state index contributed by atoms with van der Waals surface area (Å²) in [5.41, 5.74) is 0.745. The average Bonchev–Trinajstić information content (AvgIpc) is 2.31. The Kier molecular flexibility index (Phi) is 4.72. The van der Waals surface area contributed by atoms with Gasteiger partial charge in [-0.2, -0.15) is 0 Å². The van der Waals surface area contributed by atoms with Crippen LogP contribution in [0.2, 0.25) is 0 Å². The number of amides is 1. The van der Waals surface area contributed by atoms with E-state index in [1.807, 2.05) is 23.1 Å². The molecule has 1 saturated heterocycles. The maximum Gasteiger partial charge on any atom is 0.254 e. The highest BCUT2D eigenvalue weighted by atomic mass is 79.9. The second kappa shape index (κ2) is 5.96. The Balaban J connectivity index is 2.27. The number of hydrogen-bond acceptors (Lipinski definition) is 1. The van der Waals surface area contributed by atoms with Gasteiger partial charge in [0.15, 0.2) is 0 Å². The topological polar surface area (TPSA) is 20.3 Å². The minimum atomic E-state index is 0.132. The first-order valence-corrected chi connectivity index (χ1v) is 8.24. The standard InChI is InChI=1S/C15H19Br2NO/c1-9-4-10(2)11(3)18(8-9)15(19)12-5-13(16)7-14(17)6-12/h5-7,9-11H,4,8H2,1-3H3. The Morgan fingerprint density at radius 3 is 2.32 bits per heavy atom. The molecule has 1 aliphatic heterocycles. The summed E-state index contributed by atoms with van der Waals surface area (Å²) in [6.45, 7) is 7.47. The molecule has 1 fully saturated rings. The van der Waals surface area contributed by atoms with Gasteiger partial charge in [0, 0.05) is 27.1 Å². The highest BCUT2D eigenvalue weighted by molar-refractivity contribution is 9.11. The molecule has 0 N–H and O–H groups in total. The molecule has 1 aliphatic rings. The van der Waals surface area contributed by atoms with Gasteiger partial charge < -0.3 is 4.90 Å². The van der Waals surface area contributed by atoms with Crippen LogP contribution in [0.3, 0.4) is 0 Å². The summed E-state index contributed by atoms with van der Waals surface area (Å²) in [5.74, 6) is 1.27. The van der Waals surface area contributed by atoms with Crippen molar-refractivity contribution in [1.82, 2.24) is 4.90 Å². The molecular formula is C15H19Br2NO. The lowest BCUT2D eigenvalue weighted by Crippen LogP contribution is -2.48. The van der Waals surface area contributed by atoms with Crippen LogP contribution in [-0.2, 0) is 0 Å². The number of nitrogens with zero attached hydrogens (tertiary/aromatic N) is 1. The van der Waals surface area contributed by atoms with Crippen LogP contribution in [0.1, 0.15) is 37.6 Å². The largest absolute Gasteiger partial charge is 0.335 e. The van der Waals surface area contributed by atoms with E-state index in [0.29, 0.717) is 17.9 Å². The molecule has 2 rings (SSSR count). The average molecular weight is 389 g/mol. The Morgan fingerprint density at radius 1 is 1.16 bits per heavy atom. The third-order valence-electron chi connectivity index (χ3n) is 3.97. The first-order valence-electron chi connectivity index (χ1n) is 6.65. The molecule has 1 aromatic carbocycles. The SMILES string of the molecule is CC1CC(C)C(C)N(C(=O)c2cc(Br)cc(Br)c2)C1. The van der Waals surface area contributed by atoms with E-state index in [4.69, 9.17) is 0 Å². The zero-order valence-corrected chi connectivity index (χ0v) is 14.7. The normalized spacial score (nSPS) is 27.4. The summed E-state index contributed by atoms with van der Waals surface area (Å²) in [5, 5.41) is 0. The predicted octanol–water partition coefficient (Wildman–Crippen LogP) is 4.72. The van der Waals surface area contributed by atoms with Crippen molar-refractivity contribution in [3.8, 4) is 0 Å². The van der Waals surface area contributed by atoms with Crippen LogP contribution in [0.15, 0.2) is 27.1 Å². The molecule has 0 aliphatic carbocycles. The highest BCUT2D eigenvalue weighted by Gasteiger charge is 2.32. The smallest absolute Gasteiger partial charge is 0.254 e. The molecule has 1 heterocycles. The number of carbonyl (C=O) groups excluding carboxylic acids is 1. The monoisotopic (exact) mass is 387 g/mol. The highest BCUT2D eigenvalue weighted by Crippen LogP contribution is 2.29. The first-order chi connectivity index (χ1) is 8.88. The van der Waals surface area contributed by atoms with Gasteiger partial charge in [-0.15, -0.1) is 0 Å². The Hall–Kier alpha value is -0.350. The van der Waals surface area contributed by atoms with Crippen LogP contribution >= 0.6 is 31.9 Å². The van der Waals surface area contributed by atoms with Crippen molar-refractivity contribution < 1.29 is 4.79 Å². The molecule has 104 valence electrons. The fourth-order valence-electron chi connectivity index (χ4n) is 2.83. The second-order valence-corrected chi connectivity index (χ2v) is 7.51. The molecule has 0 bridgehead atoms. The van der Waals surface area contributed by atoms with Gasteiger partial charge >= 0.3 is 0 Å². The number of piperidine rings is 1. The van der Waals surface area contributed by atoms with Gasteiger partial charge in [-0.1, -0.05) is 45.7 Å². The summed E-state index contributed by atoms with van der Waals surface area (Å²) in [7, 11) is 0. The van der Waals surface area contributed by atoms with E-state index in [2.05, 4.69) is 52.6 Å². The summed E-state index contributed by atoms with van der Waals surface area (Å²) < 4.78 is 1.85. The minimum Gasteiger partial charge on any atom is -0.335 e. The Morgan fingerprint density at radius 2 is 1.74 bits per heavy atom. The number of hydrogen-bond donors (Lipinski definition) is 0. The van der Waals surface area contributed by atoms with Crippen molar-refractivity contribution in [2.75, 3.05) is 6.54 Å². The minimum absolute atomic E-state index is 0.132. The van der Waals surface area contributed by atoms with Crippen LogP contribution in [0.5, 0.6) is 0 Å². The third kappa shape index (κ3) is 3.40. The second-order valence-electron chi connectivity index (χ2n) is 5.67. The van der Waals surface area contributed by atoms with E-state index < -0.39 is 0 Å². The maximum absolute atomic E-state index is 12.7. The van der Waals surface area contributed by atoms with Gasteiger partial charge in [0.25, 0.3) is 5.91 Å². The van der Waals surface area contributed by atoms with E-state index in [0.717, 1.165) is 21.1 Å². The molecule has 0 aromatic heterocycles. The van der Waals surface area contributed by atoms with E-state index >= 15 is 0 Å². The van der Waals surface area contributed by atoms with Gasteiger partial charge in [0.05, 0.1) is 0 Å². The molecule has 1 amide bonds. The van der Waals surface area contributed by atoms with Crippen molar-refractivity contribution in [3.05, 3.63) is 32.7 Å². The summed E-state index contributed by atoms with van der Waals surface area (Å²) >= 11 is 6.89. The maximum atomic E-state index is 12.7. The summed E-state index contributed by atoms with van der Waals surface area (Å²) in [4.78, 5) is 14.7. The molecule has 4 heteroatoms. The van der Waals surface area contributed by atoms with E-state index in [1.165, 1.54) is 6.42 Å². The Labute approximate surface area is 131 Å². The lowest BCUT2D eigenvalue weighted by molar-refractivity contribution is 0.0455. The van der Waals surface area contributed by atoms with Gasteiger partial charge in [0.2, 0.25) is 0 Å². The summed E-state index contributed by atoms with van der Waals surface area (Å²) in [6, 6.07) is 6.04. The van der Waals surface area contributed by atoms with Crippen LogP contribution < -0.4 is 0 Å². The quantitative estimate of drug-likeness (QED) is 0.681. The van der Waals surface area contributed by atoms with Gasteiger partial charge in [-0.3, -0.25) is 4.79 Å². The molecule has 0 spiro atoms. The number of benzene rings is 1. The number of halogens is 2. The van der Waals surface area contributed by atoms with Crippen LogP contribution in [0, 0.1) is 11.8 Å². The van der Waals surface area contributed by atoms with Crippen LogP contribution in [-0.4, -0.2) is 23.4 Å². The van der Waals surface area contributed by atoms with Crippen molar-refractivity contribution in [2.24, 2.45) is 11.8 Å². The molecule has 19 heavy (non-hydrogen) atoms. The molecule has 0 radical (unpaired) electrons. The van der Waals surface area contributed by atoms with E-state index in [9.17, 15) is 4.79 Å². The third-order valence-corrected chi connectivity index (χ3v) is 4.88. The van der Waals surface area contributed by atoms with Gasteiger partial charge in [-0.25, -0.2) is 0 Å². The fraction of sp³-hybridized carbons (Fsp3) is 0.533.